The summed E-state index contributed by atoms with van der Waals surface area (Å²) in [6.45, 7) is 6.81. The molecule has 1 heterocycles. The average Bonchev–Trinajstić information content (AvgIpc) is 2.68. The number of sulfone groups is 1. The van der Waals surface area contributed by atoms with Crippen molar-refractivity contribution < 1.29 is 13.2 Å². The van der Waals surface area contributed by atoms with Crippen molar-refractivity contribution in [1.29, 1.82) is 0 Å². The normalized spacial score (nSPS) is 11.4. The molecule has 31 heavy (non-hydrogen) atoms. The lowest BCUT2D eigenvalue weighted by atomic mass is 10.1. The molecule has 0 fully saturated rings. The van der Waals surface area contributed by atoms with Crippen molar-refractivity contribution >= 4 is 37.4 Å². The number of hydrogen-bond donors (Lipinski definition) is 1. The van der Waals surface area contributed by atoms with E-state index in [-0.39, 0.29) is 16.3 Å². The molecule has 162 valence electrons. The van der Waals surface area contributed by atoms with Crippen LogP contribution >= 0.6 is 15.9 Å². The lowest BCUT2D eigenvalue weighted by Crippen LogP contribution is -2.33. The molecule has 1 amide bonds. The highest BCUT2D eigenvalue weighted by Gasteiger charge is 2.26. The van der Waals surface area contributed by atoms with Gasteiger partial charge in [0.15, 0.2) is 0 Å². The number of rotatable bonds is 5. The van der Waals surface area contributed by atoms with Crippen molar-refractivity contribution in [3.63, 3.8) is 0 Å². The molecule has 2 aromatic carbocycles. The van der Waals surface area contributed by atoms with E-state index in [1.807, 2.05) is 26.0 Å². The van der Waals surface area contributed by atoms with Crippen LogP contribution in [0.2, 0.25) is 0 Å². The highest BCUT2D eigenvalue weighted by molar-refractivity contribution is 9.10. The fourth-order valence-electron chi connectivity index (χ4n) is 3.38. The first kappa shape index (κ1) is 23.0. The zero-order valence-electron chi connectivity index (χ0n) is 17.7. The minimum atomic E-state index is -4.05. The molecular formula is C23H23BrN2O4S. The molecule has 0 aliphatic carbocycles. The van der Waals surface area contributed by atoms with Gasteiger partial charge in [-0.2, -0.15) is 0 Å². The summed E-state index contributed by atoms with van der Waals surface area (Å²) in [5.41, 5.74) is 2.76. The number of benzene rings is 2. The van der Waals surface area contributed by atoms with Crippen LogP contribution in [0.3, 0.4) is 0 Å². The summed E-state index contributed by atoms with van der Waals surface area (Å²) in [5.74, 6) is -0.408. The Morgan fingerprint density at radius 1 is 1.00 bits per heavy atom. The van der Waals surface area contributed by atoms with Gasteiger partial charge in [0, 0.05) is 15.9 Å². The van der Waals surface area contributed by atoms with Gasteiger partial charge >= 0.3 is 0 Å². The maximum absolute atomic E-state index is 13.2. The number of carbonyl (C=O) groups excluding carboxylic acids is 1. The molecule has 0 spiro atoms. The first-order chi connectivity index (χ1) is 14.5. The molecule has 0 saturated heterocycles. The van der Waals surface area contributed by atoms with Crippen LogP contribution in [0, 0.1) is 27.7 Å². The van der Waals surface area contributed by atoms with Crippen LogP contribution in [0.1, 0.15) is 22.4 Å². The second-order valence-electron chi connectivity index (χ2n) is 7.44. The predicted octanol–water partition coefficient (Wildman–Crippen LogP) is 4.32. The van der Waals surface area contributed by atoms with Crippen LogP contribution in [-0.2, 0) is 21.2 Å². The van der Waals surface area contributed by atoms with E-state index in [4.69, 9.17) is 0 Å². The number of halogens is 1. The molecule has 0 atom stereocenters. The lowest BCUT2D eigenvalue weighted by Gasteiger charge is -2.16. The maximum atomic E-state index is 13.2. The molecule has 8 heteroatoms. The predicted molar refractivity (Wildman–Crippen MR) is 124 cm³/mol. The Kier molecular flexibility index (Phi) is 6.52. The van der Waals surface area contributed by atoms with Crippen LogP contribution in [0.15, 0.2) is 67.6 Å². The Morgan fingerprint density at radius 2 is 1.65 bits per heavy atom. The Hall–Kier alpha value is -2.71. The molecule has 0 unspecified atom stereocenters. The summed E-state index contributed by atoms with van der Waals surface area (Å²) < 4.78 is 28.3. The van der Waals surface area contributed by atoms with Gasteiger partial charge < -0.3 is 9.88 Å². The molecule has 6 nitrogen and oxygen atoms in total. The van der Waals surface area contributed by atoms with Crippen molar-refractivity contribution in [3.8, 4) is 0 Å². The van der Waals surface area contributed by atoms with Crippen molar-refractivity contribution in [2.45, 2.75) is 44.0 Å². The molecular weight excluding hydrogens is 480 g/mol. The topological polar surface area (TPSA) is 85.2 Å². The Morgan fingerprint density at radius 3 is 2.29 bits per heavy atom. The van der Waals surface area contributed by atoms with E-state index in [1.54, 1.807) is 38.1 Å². The highest BCUT2D eigenvalue weighted by Crippen LogP contribution is 2.23. The quantitative estimate of drug-likeness (QED) is 0.562. The van der Waals surface area contributed by atoms with E-state index >= 15 is 0 Å². The van der Waals surface area contributed by atoms with Crippen LogP contribution in [0.4, 0.5) is 5.69 Å². The third kappa shape index (κ3) is 4.65. The Bertz CT molecular complexity index is 1330. The van der Waals surface area contributed by atoms with E-state index in [9.17, 15) is 18.0 Å². The summed E-state index contributed by atoms with van der Waals surface area (Å²) in [5, 5.41) is 2.81. The largest absolute Gasteiger partial charge is 0.324 e. The van der Waals surface area contributed by atoms with Gasteiger partial charge in [0.05, 0.1) is 4.90 Å². The second kappa shape index (κ2) is 8.80. The molecule has 1 N–H and O–H groups in total. The number of pyridine rings is 1. The standard InChI is InChI=1S/C23H23BrN2O4S/c1-14-6-5-7-20(17(14)4)25-21(27)13-26-16(3)12-15(2)22(23(26)28)31(29,30)19-10-8-18(24)9-11-19/h5-12H,13H2,1-4H3,(H,25,27). The van der Waals surface area contributed by atoms with Crippen molar-refractivity contribution in [2.24, 2.45) is 0 Å². The van der Waals surface area contributed by atoms with Gasteiger partial charge in [-0.3, -0.25) is 9.59 Å². The molecule has 0 radical (unpaired) electrons. The van der Waals surface area contributed by atoms with Gasteiger partial charge in [-0.25, -0.2) is 8.42 Å². The summed E-state index contributed by atoms with van der Waals surface area (Å²) in [7, 11) is -4.05. The summed E-state index contributed by atoms with van der Waals surface area (Å²) >= 11 is 3.28. The van der Waals surface area contributed by atoms with Gasteiger partial charge in [0.25, 0.3) is 5.56 Å². The van der Waals surface area contributed by atoms with Gasteiger partial charge in [-0.1, -0.05) is 28.1 Å². The molecule has 0 aliphatic rings. The number of anilines is 1. The van der Waals surface area contributed by atoms with E-state index < -0.39 is 21.3 Å². The summed E-state index contributed by atoms with van der Waals surface area (Å²) in [6, 6.07) is 13.3. The molecule has 3 aromatic rings. The van der Waals surface area contributed by atoms with Crippen LogP contribution in [0.5, 0.6) is 0 Å². The third-order valence-corrected chi connectivity index (χ3v) is 7.68. The fourth-order valence-corrected chi connectivity index (χ4v) is 5.20. The Labute approximate surface area is 190 Å². The van der Waals surface area contributed by atoms with Gasteiger partial charge in [0.1, 0.15) is 11.4 Å². The van der Waals surface area contributed by atoms with E-state index in [2.05, 4.69) is 21.2 Å². The first-order valence-electron chi connectivity index (χ1n) is 9.60. The zero-order valence-corrected chi connectivity index (χ0v) is 20.1. The highest BCUT2D eigenvalue weighted by atomic mass is 79.9. The van der Waals surface area contributed by atoms with Gasteiger partial charge in [0.2, 0.25) is 15.7 Å². The first-order valence-corrected chi connectivity index (χ1v) is 11.9. The van der Waals surface area contributed by atoms with Gasteiger partial charge in [-0.05, 0) is 80.8 Å². The van der Waals surface area contributed by atoms with Crippen molar-refractivity contribution in [2.75, 3.05) is 5.32 Å². The number of hydrogen-bond acceptors (Lipinski definition) is 4. The zero-order chi connectivity index (χ0) is 22.9. The lowest BCUT2D eigenvalue weighted by molar-refractivity contribution is -0.116. The van der Waals surface area contributed by atoms with Crippen LogP contribution in [0.25, 0.3) is 0 Å². The number of amides is 1. The van der Waals surface area contributed by atoms with E-state index in [0.29, 0.717) is 16.9 Å². The van der Waals surface area contributed by atoms with E-state index in [1.165, 1.54) is 16.7 Å². The Balaban J connectivity index is 2.01. The average molecular weight is 503 g/mol. The number of carbonyl (C=O) groups is 1. The number of aromatic nitrogens is 1. The van der Waals surface area contributed by atoms with Crippen LogP contribution < -0.4 is 10.9 Å². The van der Waals surface area contributed by atoms with Crippen LogP contribution in [-0.4, -0.2) is 18.9 Å². The van der Waals surface area contributed by atoms with Crippen molar-refractivity contribution in [1.82, 2.24) is 4.57 Å². The summed E-state index contributed by atoms with van der Waals surface area (Å²) in [4.78, 5) is 25.6. The SMILES string of the molecule is Cc1cccc(NC(=O)Cn2c(C)cc(C)c(S(=O)(=O)c3ccc(Br)cc3)c2=O)c1C. The summed E-state index contributed by atoms with van der Waals surface area (Å²) in [6.07, 6.45) is 0. The monoisotopic (exact) mass is 502 g/mol. The molecule has 0 bridgehead atoms. The number of aryl methyl sites for hydroxylation is 3. The second-order valence-corrected chi connectivity index (χ2v) is 10.2. The smallest absolute Gasteiger partial charge is 0.270 e. The molecule has 1 aromatic heterocycles. The fraction of sp³-hybridized carbons (Fsp3) is 0.217. The minimum absolute atomic E-state index is 0.0196. The molecule has 0 aliphatic heterocycles. The van der Waals surface area contributed by atoms with Gasteiger partial charge in [-0.15, -0.1) is 0 Å². The number of nitrogens with one attached hydrogen (secondary N) is 1. The maximum Gasteiger partial charge on any atom is 0.270 e. The third-order valence-electron chi connectivity index (χ3n) is 5.22. The van der Waals surface area contributed by atoms with Crippen molar-refractivity contribution in [3.05, 3.63) is 85.7 Å². The molecule has 0 saturated carbocycles. The molecule has 3 rings (SSSR count). The minimum Gasteiger partial charge on any atom is -0.324 e. The number of nitrogens with zero attached hydrogens (tertiary/aromatic N) is 1. The van der Waals surface area contributed by atoms with E-state index in [0.717, 1.165) is 15.6 Å².